The maximum absolute atomic E-state index is 12.6. The highest BCUT2D eigenvalue weighted by Crippen LogP contribution is 2.30. The summed E-state index contributed by atoms with van der Waals surface area (Å²) in [5.41, 5.74) is 2.53. The Hall–Kier alpha value is -2.10. The summed E-state index contributed by atoms with van der Waals surface area (Å²) in [7, 11) is 1.92. The number of nitrogens with one attached hydrogen (secondary N) is 2. The largest absolute Gasteiger partial charge is 0.434 e. The van der Waals surface area contributed by atoms with E-state index in [9.17, 15) is 13.2 Å². The molecular formula is C17H25F3N6S. The standard InChI is InChI=1S/C17H25F3N6S/c1-5-21-16(22-8-6-13-11(2)25-26(4)12(13)3)23-9-7-15-24-14(10-27-15)17(18,19)20/h10H,5-9H2,1-4H3,(H2,21,22,23). The van der Waals surface area contributed by atoms with E-state index in [-0.39, 0.29) is 0 Å². The molecule has 10 heteroatoms. The summed E-state index contributed by atoms with van der Waals surface area (Å²) < 4.78 is 39.6. The Morgan fingerprint density at radius 1 is 1.26 bits per heavy atom. The van der Waals surface area contributed by atoms with E-state index < -0.39 is 11.9 Å². The summed E-state index contributed by atoms with van der Waals surface area (Å²) in [6, 6.07) is 0. The van der Waals surface area contributed by atoms with Gasteiger partial charge in [0.05, 0.1) is 10.7 Å². The van der Waals surface area contributed by atoms with E-state index in [1.807, 2.05) is 32.5 Å². The van der Waals surface area contributed by atoms with Crippen LogP contribution in [0.1, 0.15) is 34.6 Å². The number of thiazole rings is 1. The number of aromatic nitrogens is 3. The summed E-state index contributed by atoms with van der Waals surface area (Å²) in [6.45, 7) is 7.75. The number of aliphatic imine (C=N–C) groups is 1. The van der Waals surface area contributed by atoms with E-state index in [0.717, 1.165) is 34.5 Å². The van der Waals surface area contributed by atoms with Crippen molar-refractivity contribution in [3.63, 3.8) is 0 Å². The molecule has 0 amide bonds. The first kappa shape index (κ1) is 21.2. The zero-order chi connectivity index (χ0) is 20.0. The zero-order valence-electron chi connectivity index (χ0n) is 15.9. The topological polar surface area (TPSA) is 67.1 Å². The highest BCUT2D eigenvalue weighted by molar-refractivity contribution is 7.09. The molecule has 6 nitrogen and oxygen atoms in total. The first-order valence-electron chi connectivity index (χ1n) is 8.75. The van der Waals surface area contributed by atoms with Crippen molar-refractivity contribution in [2.24, 2.45) is 12.0 Å². The van der Waals surface area contributed by atoms with Crippen LogP contribution in [0, 0.1) is 13.8 Å². The lowest BCUT2D eigenvalue weighted by atomic mass is 10.1. The van der Waals surface area contributed by atoms with E-state index in [1.165, 1.54) is 5.56 Å². The minimum atomic E-state index is -4.39. The lowest BCUT2D eigenvalue weighted by molar-refractivity contribution is -0.140. The van der Waals surface area contributed by atoms with E-state index in [2.05, 4.69) is 25.7 Å². The van der Waals surface area contributed by atoms with Gasteiger partial charge in [-0.1, -0.05) is 0 Å². The van der Waals surface area contributed by atoms with Crippen molar-refractivity contribution in [1.82, 2.24) is 25.4 Å². The molecule has 2 aromatic rings. The van der Waals surface area contributed by atoms with Crippen molar-refractivity contribution in [3.05, 3.63) is 33.0 Å². The molecule has 0 aliphatic heterocycles. The maximum Gasteiger partial charge on any atom is 0.434 e. The van der Waals surface area contributed by atoms with Gasteiger partial charge in [0.1, 0.15) is 0 Å². The number of rotatable bonds is 7. The van der Waals surface area contributed by atoms with Crippen LogP contribution < -0.4 is 10.6 Å². The van der Waals surface area contributed by atoms with E-state index in [0.29, 0.717) is 37.0 Å². The molecule has 0 aliphatic rings. The van der Waals surface area contributed by atoms with E-state index >= 15 is 0 Å². The Kier molecular flexibility index (Phi) is 7.23. The lowest BCUT2D eigenvalue weighted by Crippen LogP contribution is -2.38. The van der Waals surface area contributed by atoms with Crippen LogP contribution in [0.15, 0.2) is 10.4 Å². The van der Waals surface area contributed by atoms with E-state index in [4.69, 9.17) is 0 Å². The van der Waals surface area contributed by atoms with Crippen LogP contribution in [0.3, 0.4) is 0 Å². The molecule has 0 aliphatic carbocycles. The first-order valence-corrected chi connectivity index (χ1v) is 9.63. The summed E-state index contributed by atoms with van der Waals surface area (Å²) in [5, 5.41) is 12.3. The zero-order valence-corrected chi connectivity index (χ0v) is 16.8. The molecule has 150 valence electrons. The van der Waals surface area contributed by atoms with Crippen molar-refractivity contribution < 1.29 is 13.2 Å². The monoisotopic (exact) mass is 402 g/mol. The van der Waals surface area contributed by atoms with Gasteiger partial charge in [0.25, 0.3) is 0 Å². The molecular weight excluding hydrogens is 377 g/mol. The molecule has 0 radical (unpaired) electrons. The van der Waals surface area contributed by atoms with Crippen molar-refractivity contribution in [3.8, 4) is 0 Å². The molecule has 0 fully saturated rings. The van der Waals surface area contributed by atoms with Crippen molar-refractivity contribution in [1.29, 1.82) is 0 Å². The Labute approximate surface area is 160 Å². The molecule has 2 N–H and O–H groups in total. The fourth-order valence-corrected chi connectivity index (χ4v) is 3.44. The van der Waals surface area contributed by atoms with Crippen LogP contribution >= 0.6 is 11.3 Å². The summed E-state index contributed by atoms with van der Waals surface area (Å²) in [6.07, 6.45) is -3.20. The van der Waals surface area contributed by atoms with Crippen LogP contribution in [0.5, 0.6) is 0 Å². The molecule has 0 atom stereocenters. The van der Waals surface area contributed by atoms with Crippen LogP contribution in [0.2, 0.25) is 0 Å². The van der Waals surface area contributed by atoms with Gasteiger partial charge in [-0.2, -0.15) is 18.3 Å². The number of hydrogen-bond acceptors (Lipinski definition) is 4. The molecule has 0 saturated carbocycles. The summed E-state index contributed by atoms with van der Waals surface area (Å²) in [4.78, 5) is 8.04. The normalized spacial score (nSPS) is 12.5. The minimum absolute atomic E-state index is 0.366. The van der Waals surface area contributed by atoms with Crippen LogP contribution in [0.4, 0.5) is 13.2 Å². The number of alkyl halides is 3. The van der Waals surface area contributed by atoms with Gasteiger partial charge in [-0.15, -0.1) is 11.3 Å². The predicted octanol–water partition coefficient (Wildman–Crippen LogP) is 2.85. The minimum Gasteiger partial charge on any atom is -0.357 e. The quantitative estimate of drug-likeness (QED) is 0.552. The van der Waals surface area contributed by atoms with Gasteiger partial charge in [0.2, 0.25) is 0 Å². The number of nitrogens with zero attached hydrogens (tertiary/aromatic N) is 4. The average Bonchev–Trinajstić information content (AvgIpc) is 3.15. The lowest BCUT2D eigenvalue weighted by Gasteiger charge is -2.11. The molecule has 2 aromatic heterocycles. The number of halogens is 3. The molecule has 27 heavy (non-hydrogen) atoms. The molecule has 0 saturated heterocycles. The third-order valence-corrected chi connectivity index (χ3v) is 5.02. The van der Waals surface area contributed by atoms with Crippen LogP contribution in [0.25, 0.3) is 0 Å². The molecule has 0 unspecified atom stereocenters. The highest BCUT2D eigenvalue weighted by atomic mass is 32.1. The first-order chi connectivity index (χ1) is 12.7. The van der Waals surface area contributed by atoms with Gasteiger partial charge >= 0.3 is 6.18 Å². The van der Waals surface area contributed by atoms with Crippen molar-refractivity contribution in [2.45, 2.75) is 39.8 Å². The van der Waals surface area contributed by atoms with Gasteiger partial charge in [0, 0.05) is 44.2 Å². The number of aryl methyl sites for hydroxylation is 2. The highest BCUT2D eigenvalue weighted by Gasteiger charge is 2.33. The van der Waals surface area contributed by atoms with Crippen molar-refractivity contribution >= 4 is 17.3 Å². The summed E-state index contributed by atoms with van der Waals surface area (Å²) >= 11 is 1.01. The van der Waals surface area contributed by atoms with Gasteiger partial charge in [0.15, 0.2) is 11.7 Å². The maximum atomic E-state index is 12.6. The van der Waals surface area contributed by atoms with Gasteiger partial charge < -0.3 is 10.6 Å². The Bertz CT molecular complexity index is 778. The second-order valence-electron chi connectivity index (χ2n) is 6.08. The Morgan fingerprint density at radius 2 is 2.00 bits per heavy atom. The Morgan fingerprint density at radius 3 is 2.56 bits per heavy atom. The van der Waals surface area contributed by atoms with Crippen LogP contribution in [-0.2, 0) is 26.1 Å². The third-order valence-electron chi connectivity index (χ3n) is 4.11. The van der Waals surface area contributed by atoms with E-state index in [1.54, 1.807) is 0 Å². The van der Waals surface area contributed by atoms with Crippen LogP contribution in [-0.4, -0.2) is 40.4 Å². The molecule has 0 spiro atoms. The second kappa shape index (κ2) is 9.20. The average molecular weight is 402 g/mol. The molecule has 2 heterocycles. The smallest absolute Gasteiger partial charge is 0.357 e. The fourth-order valence-electron chi connectivity index (χ4n) is 2.65. The number of guanidine groups is 1. The number of hydrogen-bond donors (Lipinski definition) is 2. The molecule has 0 aromatic carbocycles. The fraction of sp³-hybridized carbons (Fsp3) is 0.588. The SMILES string of the molecule is CCNC(=NCCc1nc(C(F)(F)F)cs1)NCCc1c(C)nn(C)c1C. The van der Waals surface area contributed by atoms with Gasteiger partial charge in [-0.25, -0.2) is 4.98 Å². The van der Waals surface area contributed by atoms with Gasteiger partial charge in [-0.3, -0.25) is 9.67 Å². The van der Waals surface area contributed by atoms with Gasteiger partial charge in [-0.05, 0) is 32.8 Å². The third kappa shape index (κ3) is 5.95. The predicted molar refractivity (Wildman–Crippen MR) is 101 cm³/mol. The molecule has 0 bridgehead atoms. The summed E-state index contributed by atoms with van der Waals surface area (Å²) in [5.74, 6) is 0.643. The second-order valence-corrected chi connectivity index (χ2v) is 7.03. The molecule has 2 rings (SSSR count). The van der Waals surface area contributed by atoms with Crippen molar-refractivity contribution in [2.75, 3.05) is 19.6 Å². The Balaban J connectivity index is 1.87.